The molecule has 17 heavy (non-hydrogen) atoms. The van der Waals surface area contributed by atoms with E-state index in [1.54, 1.807) is 11.8 Å². The summed E-state index contributed by atoms with van der Waals surface area (Å²) in [5.41, 5.74) is 0.998. The summed E-state index contributed by atoms with van der Waals surface area (Å²) in [4.78, 5) is 8.98. The molecule has 90 valence electrons. The molecule has 0 unspecified atom stereocenters. The molecule has 0 atom stereocenters. The molecule has 0 amide bonds. The molecule has 1 N–H and O–H groups in total. The molecule has 2 aromatic rings. The molecule has 2 rings (SSSR count). The van der Waals surface area contributed by atoms with E-state index in [0.29, 0.717) is 11.9 Å². The Morgan fingerprint density at radius 2 is 2.00 bits per heavy atom. The smallest absolute Gasteiger partial charge is 0.224 e. The van der Waals surface area contributed by atoms with Gasteiger partial charge in [-0.2, -0.15) is 0 Å². The van der Waals surface area contributed by atoms with Crippen LogP contribution in [0.4, 0.5) is 5.95 Å². The molecule has 1 aromatic heterocycles. The van der Waals surface area contributed by atoms with Crippen LogP contribution in [0.5, 0.6) is 0 Å². The number of nitrogens with one attached hydrogen (secondary N) is 1. The first-order valence-electron chi connectivity index (χ1n) is 5.78. The maximum absolute atomic E-state index is 4.53. The zero-order chi connectivity index (χ0) is 12.3. The second kappa shape index (κ2) is 5.36. The van der Waals surface area contributed by atoms with Gasteiger partial charge in [0.1, 0.15) is 5.03 Å². The van der Waals surface area contributed by atoms with Gasteiger partial charge in [-0.1, -0.05) is 32.0 Å². The molecule has 3 nitrogen and oxygen atoms in total. The van der Waals surface area contributed by atoms with E-state index in [9.17, 15) is 0 Å². The van der Waals surface area contributed by atoms with Crippen molar-refractivity contribution >= 4 is 28.6 Å². The molecule has 0 aliphatic rings. The summed E-state index contributed by atoms with van der Waals surface area (Å²) < 4.78 is 0. The van der Waals surface area contributed by atoms with Gasteiger partial charge in [-0.3, -0.25) is 0 Å². The second-order valence-electron chi connectivity index (χ2n) is 4.32. The van der Waals surface area contributed by atoms with Crippen molar-refractivity contribution in [3.63, 3.8) is 0 Å². The molecule has 0 bridgehead atoms. The van der Waals surface area contributed by atoms with Crippen LogP contribution < -0.4 is 5.32 Å². The Morgan fingerprint density at radius 1 is 1.24 bits per heavy atom. The molecule has 4 heteroatoms. The van der Waals surface area contributed by atoms with E-state index in [4.69, 9.17) is 0 Å². The number of fused-ring (bicyclic) bond motifs is 1. The van der Waals surface area contributed by atoms with Crippen molar-refractivity contribution in [1.82, 2.24) is 9.97 Å². The van der Waals surface area contributed by atoms with E-state index in [2.05, 4.69) is 35.2 Å². The van der Waals surface area contributed by atoms with Gasteiger partial charge in [-0.15, -0.1) is 11.8 Å². The number of hydrogen-bond acceptors (Lipinski definition) is 4. The van der Waals surface area contributed by atoms with Crippen LogP contribution in [0.1, 0.15) is 13.8 Å². The Bertz CT molecular complexity index is 511. The third kappa shape index (κ3) is 2.88. The van der Waals surface area contributed by atoms with Gasteiger partial charge >= 0.3 is 0 Å². The van der Waals surface area contributed by atoms with Crippen LogP contribution in [0, 0.1) is 5.92 Å². The topological polar surface area (TPSA) is 37.8 Å². The third-order valence-corrected chi connectivity index (χ3v) is 3.76. The molecule has 1 aromatic carbocycles. The first-order valence-corrected chi connectivity index (χ1v) is 6.76. The molecular formula is C13H17N3S. The van der Waals surface area contributed by atoms with Gasteiger partial charge in [0.25, 0.3) is 0 Å². The fourth-order valence-electron chi connectivity index (χ4n) is 1.51. The highest BCUT2D eigenvalue weighted by Gasteiger charge is 2.07. The fourth-order valence-corrected chi connectivity index (χ4v) is 2.49. The van der Waals surface area contributed by atoms with Crippen LogP contribution in [0.2, 0.25) is 0 Å². The molecule has 0 saturated heterocycles. The lowest BCUT2D eigenvalue weighted by Gasteiger charge is -2.09. The van der Waals surface area contributed by atoms with Crippen molar-refractivity contribution in [2.75, 3.05) is 18.1 Å². The number of benzene rings is 1. The van der Waals surface area contributed by atoms with Crippen molar-refractivity contribution in [2.45, 2.75) is 18.9 Å². The summed E-state index contributed by atoms with van der Waals surface area (Å²) in [6.07, 6.45) is 0. The predicted molar refractivity (Wildman–Crippen MR) is 74.6 cm³/mol. The Hall–Kier alpha value is -1.29. The third-order valence-electron chi connectivity index (χ3n) is 2.35. The standard InChI is InChI=1S/C13H17N3S/c1-9(2)8-17-12-10-6-4-5-7-11(10)15-13(14-3)16-12/h4-7,9H,8H2,1-3H3,(H,14,15,16). The molecular weight excluding hydrogens is 230 g/mol. The minimum Gasteiger partial charge on any atom is -0.357 e. The zero-order valence-corrected chi connectivity index (χ0v) is 11.2. The average molecular weight is 247 g/mol. The van der Waals surface area contributed by atoms with E-state index >= 15 is 0 Å². The number of para-hydroxylation sites is 1. The van der Waals surface area contributed by atoms with E-state index in [1.165, 1.54) is 0 Å². The van der Waals surface area contributed by atoms with E-state index < -0.39 is 0 Å². The summed E-state index contributed by atoms with van der Waals surface area (Å²) in [6.45, 7) is 4.44. The average Bonchev–Trinajstić information content (AvgIpc) is 2.35. The summed E-state index contributed by atoms with van der Waals surface area (Å²) in [5.74, 6) is 2.42. The predicted octanol–water partition coefficient (Wildman–Crippen LogP) is 3.42. The molecule has 0 spiro atoms. The first-order chi connectivity index (χ1) is 8.20. The van der Waals surface area contributed by atoms with Crippen LogP contribution in [0.25, 0.3) is 10.9 Å². The Balaban J connectivity index is 2.43. The Kier molecular flexibility index (Phi) is 3.84. The number of rotatable bonds is 4. The van der Waals surface area contributed by atoms with Gasteiger partial charge in [0, 0.05) is 18.2 Å². The highest BCUT2D eigenvalue weighted by molar-refractivity contribution is 7.99. The maximum atomic E-state index is 4.53. The normalized spacial score (nSPS) is 11.1. The fraction of sp³-hybridized carbons (Fsp3) is 0.385. The summed E-state index contributed by atoms with van der Waals surface area (Å²) in [5, 5.41) is 5.21. The summed E-state index contributed by atoms with van der Waals surface area (Å²) in [6, 6.07) is 8.14. The second-order valence-corrected chi connectivity index (χ2v) is 5.33. The van der Waals surface area contributed by atoms with E-state index in [1.807, 2.05) is 25.2 Å². The molecule has 0 radical (unpaired) electrons. The molecule has 0 fully saturated rings. The monoisotopic (exact) mass is 247 g/mol. The SMILES string of the molecule is CNc1nc(SCC(C)C)c2ccccc2n1. The van der Waals surface area contributed by atoms with Crippen molar-refractivity contribution < 1.29 is 0 Å². The van der Waals surface area contributed by atoms with Gasteiger partial charge in [0.15, 0.2) is 0 Å². The number of anilines is 1. The first kappa shape index (κ1) is 12.2. The lowest BCUT2D eigenvalue weighted by molar-refractivity contribution is 0.749. The highest BCUT2D eigenvalue weighted by Crippen LogP contribution is 2.27. The van der Waals surface area contributed by atoms with Crippen LogP contribution in [-0.2, 0) is 0 Å². The molecule has 0 aliphatic heterocycles. The van der Waals surface area contributed by atoms with Crippen LogP contribution in [0.3, 0.4) is 0 Å². The Morgan fingerprint density at radius 3 is 2.71 bits per heavy atom. The van der Waals surface area contributed by atoms with Crippen molar-refractivity contribution in [3.05, 3.63) is 24.3 Å². The van der Waals surface area contributed by atoms with Crippen molar-refractivity contribution in [2.24, 2.45) is 5.92 Å². The summed E-state index contributed by atoms with van der Waals surface area (Å²) >= 11 is 1.80. The van der Waals surface area contributed by atoms with E-state index in [0.717, 1.165) is 21.7 Å². The molecule has 0 aliphatic carbocycles. The molecule has 1 heterocycles. The van der Waals surface area contributed by atoms with Crippen LogP contribution >= 0.6 is 11.8 Å². The van der Waals surface area contributed by atoms with Gasteiger partial charge in [-0.25, -0.2) is 9.97 Å². The highest BCUT2D eigenvalue weighted by atomic mass is 32.2. The van der Waals surface area contributed by atoms with Crippen molar-refractivity contribution in [1.29, 1.82) is 0 Å². The summed E-state index contributed by atoms with van der Waals surface area (Å²) in [7, 11) is 1.85. The van der Waals surface area contributed by atoms with Crippen molar-refractivity contribution in [3.8, 4) is 0 Å². The van der Waals surface area contributed by atoms with E-state index in [-0.39, 0.29) is 0 Å². The number of aromatic nitrogens is 2. The quantitative estimate of drug-likeness (QED) is 0.663. The number of nitrogens with zero attached hydrogens (tertiary/aromatic N) is 2. The molecule has 0 saturated carbocycles. The zero-order valence-electron chi connectivity index (χ0n) is 10.4. The number of thioether (sulfide) groups is 1. The number of hydrogen-bond donors (Lipinski definition) is 1. The largest absolute Gasteiger partial charge is 0.357 e. The van der Waals surface area contributed by atoms with Crippen LogP contribution in [-0.4, -0.2) is 22.8 Å². The van der Waals surface area contributed by atoms with Crippen LogP contribution in [0.15, 0.2) is 29.3 Å². The van der Waals surface area contributed by atoms with Gasteiger partial charge < -0.3 is 5.32 Å². The lowest BCUT2D eigenvalue weighted by atomic mass is 10.2. The minimum absolute atomic E-state index is 0.659. The Labute approximate surface area is 106 Å². The lowest BCUT2D eigenvalue weighted by Crippen LogP contribution is -1.99. The van der Waals surface area contributed by atoms with Gasteiger partial charge in [0.05, 0.1) is 5.52 Å². The maximum Gasteiger partial charge on any atom is 0.224 e. The van der Waals surface area contributed by atoms with Gasteiger partial charge in [-0.05, 0) is 12.0 Å². The minimum atomic E-state index is 0.659. The van der Waals surface area contributed by atoms with Gasteiger partial charge in [0.2, 0.25) is 5.95 Å².